The van der Waals surface area contributed by atoms with Gasteiger partial charge in [-0.05, 0) is 35.0 Å². The molecule has 3 aliphatic rings. The first-order chi connectivity index (χ1) is 8.40. The Morgan fingerprint density at radius 2 is 1.76 bits per heavy atom. The number of benzene rings is 1. The fourth-order valence-electron chi connectivity index (χ4n) is 2.10. The van der Waals surface area contributed by atoms with Gasteiger partial charge in [-0.3, -0.25) is 0 Å². The molecular formula is C13H8N2O2. The molecular weight excluding hydrogens is 216 g/mol. The Hall–Kier alpha value is -2.36. The van der Waals surface area contributed by atoms with Gasteiger partial charge in [-0.1, -0.05) is 6.07 Å². The van der Waals surface area contributed by atoms with E-state index in [2.05, 4.69) is 16.3 Å². The monoisotopic (exact) mass is 224 g/mol. The van der Waals surface area contributed by atoms with E-state index in [0.29, 0.717) is 6.79 Å². The maximum Gasteiger partial charge on any atom is 0.231 e. The van der Waals surface area contributed by atoms with Gasteiger partial charge >= 0.3 is 0 Å². The van der Waals surface area contributed by atoms with Crippen LogP contribution in [0.1, 0.15) is 0 Å². The minimum Gasteiger partial charge on any atom is -0.454 e. The number of nitrogens with zero attached hydrogens (tertiary/aromatic N) is 2. The lowest BCUT2D eigenvalue weighted by Crippen LogP contribution is -1.92. The van der Waals surface area contributed by atoms with Crippen LogP contribution in [0.4, 0.5) is 0 Å². The summed E-state index contributed by atoms with van der Waals surface area (Å²) in [5.41, 5.74) is 1.92. The van der Waals surface area contributed by atoms with Crippen molar-refractivity contribution in [2.24, 2.45) is 0 Å². The zero-order valence-corrected chi connectivity index (χ0v) is 8.88. The van der Waals surface area contributed by atoms with Crippen LogP contribution in [0.15, 0.2) is 36.5 Å². The second-order valence-electron chi connectivity index (χ2n) is 4.00. The SMILES string of the molecule is c1nnc2ccc3cc4c(cc3cc1-2)OCO4. The van der Waals surface area contributed by atoms with Gasteiger partial charge in [-0.2, -0.15) is 10.2 Å². The van der Waals surface area contributed by atoms with Gasteiger partial charge in [-0.15, -0.1) is 0 Å². The van der Waals surface area contributed by atoms with E-state index in [1.54, 1.807) is 6.20 Å². The average molecular weight is 224 g/mol. The normalized spacial score (nSPS) is 13.4. The summed E-state index contributed by atoms with van der Waals surface area (Å²) in [4.78, 5) is 0. The average Bonchev–Trinajstić information content (AvgIpc) is 2.92. The van der Waals surface area contributed by atoms with Crippen LogP contribution >= 0.6 is 0 Å². The van der Waals surface area contributed by atoms with E-state index in [1.807, 2.05) is 24.3 Å². The standard InChI is InChI=1S/C13H8N2O2/c1-2-11-10(6-14-15-11)3-9-5-13-12(4-8(1)9)16-7-17-13/h1-6H,7H2. The van der Waals surface area contributed by atoms with E-state index in [9.17, 15) is 0 Å². The van der Waals surface area contributed by atoms with Crippen molar-refractivity contribution in [3.05, 3.63) is 36.5 Å². The van der Waals surface area contributed by atoms with Gasteiger partial charge in [0.25, 0.3) is 0 Å². The molecule has 0 bridgehead atoms. The lowest BCUT2D eigenvalue weighted by atomic mass is 10.1. The lowest BCUT2D eigenvalue weighted by molar-refractivity contribution is 0.174. The van der Waals surface area contributed by atoms with Gasteiger partial charge in [0.2, 0.25) is 6.79 Å². The molecule has 0 atom stereocenters. The third-order valence-electron chi connectivity index (χ3n) is 2.97. The van der Waals surface area contributed by atoms with Crippen LogP contribution in [-0.4, -0.2) is 17.0 Å². The van der Waals surface area contributed by atoms with Crippen molar-refractivity contribution >= 4 is 10.8 Å². The molecule has 4 heteroatoms. The number of hydrogen-bond donors (Lipinski definition) is 0. The predicted octanol–water partition coefficient (Wildman–Crippen LogP) is 2.46. The van der Waals surface area contributed by atoms with Crippen LogP contribution < -0.4 is 9.47 Å². The van der Waals surface area contributed by atoms with E-state index in [0.717, 1.165) is 33.5 Å². The summed E-state index contributed by atoms with van der Waals surface area (Å²) in [6.07, 6.45) is 1.76. The highest BCUT2D eigenvalue weighted by Gasteiger charge is 2.14. The summed E-state index contributed by atoms with van der Waals surface area (Å²) in [6, 6.07) is 10.0. The second kappa shape index (κ2) is 3.07. The van der Waals surface area contributed by atoms with Crippen molar-refractivity contribution < 1.29 is 9.47 Å². The molecule has 0 spiro atoms. The van der Waals surface area contributed by atoms with Gasteiger partial charge in [0, 0.05) is 5.56 Å². The summed E-state index contributed by atoms with van der Waals surface area (Å²) in [7, 11) is 0. The minimum atomic E-state index is 0.298. The van der Waals surface area contributed by atoms with Crippen molar-refractivity contribution in [3.63, 3.8) is 0 Å². The summed E-state index contributed by atoms with van der Waals surface area (Å²) < 4.78 is 10.7. The van der Waals surface area contributed by atoms with Crippen LogP contribution in [0.2, 0.25) is 0 Å². The maximum atomic E-state index is 5.38. The first-order valence-corrected chi connectivity index (χ1v) is 5.35. The van der Waals surface area contributed by atoms with Gasteiger partial charge in [0.15, 0.2) is 11.5 Å². The molecule has 0 aromatic heterocycles. The van der Waals surface area contributed by atoms with E-state index in [-0.39, 0.29) is 0 Å². The number of rotatable bonds is 0. The molecule has 0 unspecified atom stereocenters. The molecule has 4 nitrogen and oxygen atoms in total. The fraction of sp³-hybridized carbons (Fsp3) is 0.0769. The van der Waals surface area contributed by atoms with Crippen molar-refractivity contribution in [1.82, 2.24) is 10.2 Å². The Morgan fingerprint density at radius 3 is 2.65 bits per heavy atom. The van der Waals surface area contributed by atoms with E-state index in [1.165, 1.54) is 0 Å². The molecule has 1 aliphatic carbocycles. The lowest BCUT2D eigenvalue weighted by Gasteiger charge is -1.97. The van der Waals surface area contributed by atoms with Crippen LogP contribution in [-0.2, 0) is 0 Å². The molecule has 17 heavy (non-hydrogen) atoms. The molecule has 1 aromatic rings. The Bertz CT molecular complexity index is 696. The number of aromatic nitrogens is 2. The van der Waals surface area contributed by atoms with Crippen LogP contribution in [0.5, 0.6) is 11.5 Å². The number of fused-ring (bicyclic) bond motifs is 3. The first-order valence-electron chi connectivity index (χ1n) is 5.35. The smallest absolute Gasteiger partial charge is 0.231 e. The third-order valence-corrected chi connectivity index (χ3v) is 2.97. The molecule has 0 saturated heterocycles. The van der Waals surface area contributed by atoms with Gasteiger partial charge in [0.1, 0.15) is 0 Å². The molecule has 0 radical (unpaired) electrons. The molecule has 0 N–H and O–H groups in total. The van der Waals surface area contributed by atoms with Gasteiger partial charge in [0.05, 0.1) is 11.9 Å². The highest BCUT2D eigenvalue weighted by atomic mass is 16.7. The fourth-order valence-corrected chi connectivity index (χ4v) is 2.10. The topological polar surface area (TPSA) is 44.2 Å². The van der Waals surface area contributed by atoms with Crippen molar-refractivity contribution in [1.29, 1.82) is 0 Å². The Labute approximate surface area is 97.1 Å². The minimum absolute atomic E-state index is 0.298. The predicted molar refractivity (Wildman–Crippen MR) is 62.3 cm³/mol. The summed E-state index contributed by atoms with van der Waals surface area (Å²) in [5, 5.41) is 10.2. The number of hydrogen-bond acceptors (Lipinski definition) is 4. The second-order valence-corrected chi connectivity index (χ2v) is 4.00. The highest BCUT2D eigenvalue weighted by Crippen LogP contribution is 2.36. The van der Waals surface area contributed by atoms with Gasteiger partial charge < -0.3 is 9.47 Å². The summed E-state index contributed by atoms with van der Waals surface area (Å²) in [5.74, 6) is 1.60. The molecule has 0 fully saturated rings. The van der Waals surface area contributed by atoms with Crippen molar-refractivity contribution in [3.8, 4) is 22.8 Å². The molecule has 0 saturated carbocycles. The Balaban J connectivity index is 2.10. The molecule has 4 rings (SSSR count). The van der Waals surface area contributed by atoms with Crippen molar-refractivity contribution in [2.75, 3.05) is 6.79 Å². The maximum absolute atomic E-state index is 5.38. The third kappa shape index (κ3) is 1.24. The van der Waals surface area contributed by atoms with Gasteiger partial charge in [-0.25, -0.2) is 0 Å². The molecule has 0 amide bonds. The molecule has 2 heterocycles. The zero-order chi connectivity index (χ0) is 11.2. The van der Waals surface area contributed by atoms with E-state index >= 15 is 0 Å². The van der Waals surface area contributed by atoms with Crippen LogP contribution in [0.25, 0.3) is 22.0 Å². The van der Waals surface area contributed by atoms with Crippen molar-refractivity contribution in [2.45, 2.75) is 0 Å². The van der Waals surface area contributed by atoms with E-state index in [4.69, 9.17) is 9.47 Å². The Kier molecular flexibility index (Phi) is 1.58. The van der Waals surface area contributed by atoms with Crippen LogP contribution in [0, 0.1) is 0 Å². The first kappa shape index (κ1) is 8.75. The summed E-state index contributed by atoms with van der Waals surface area (Å²) >= 11 is 0. The van der Waals surface area contributed by atoms with E-state index < -0.39 is 0 Å². The molecule has 82 valence electrons. The highest BCUT2D eigenvalue weighted by molar-refractivity contribution is 5.89. The quantitative estimate of drug-likeness (QED) is 0.588. The largest absolute Gasteiger partial charge is 0.454 e. The Morgan fingerprint density at radius 1 is 0.941 bits per heavy atom. The number of ether oxygens (including phenoxy) is 2. The van der Waals surface area contributed by atoms with Crippen LogP contribution in [0.3, 0.4) is 0 Å². The molecule has 2 aliphatic heterocycles. The molecule has 1 aromatic carbocycles. The zero-order valence-electron chi connectivity index (χ0n) is 8.88. The summed E-state index contributed by atoms with van der Waals surface area (Å²) in [6.45, 7) is 0.298.